The van der Waals surface area contributed by atoms with Crippen LogP contribution in [0.4, 0.5) is 0 Å². The first-order valence-electron chi connectivity index (χ1n) is 7.55. The molecule has 0 saturated carbocycles. The number of hydrogen-bond donors (Lipinski definition) is 1. The van der Waals surface area contributed by atoms with E-state index < -0.39 is 0 Å². The zero-order chi connectivity index (χ0) is 17.5. The molecule has 0 radical (unpaired) electrons. The molecule has 0 saturated heterocycles. The van der Waals surface area contributed by atoms with Gasteiger partial charge >= 0.3 is 0 Å². The minimum absolute atomic E-state index is 0.0441. The number of rotatable bonds is 8. The summed E-state index contributed by atoms with van der Waals surface area (Å²) in [6.07, 6.45) is 0. The van der Waals surface area contributed by atoms with Gasteiger partial charge in [0, 0.05) is 4.88 Å². The Bertz CT molecular complexity index is 802. The maximum Gasteiger partial charge on any atom is 0.230 e. The van der Waals surface area contributed by atoms with E-state index in [1.165, 1.54) is 11.8 Å². The molecule has 0 aliphatic rings. The molecule has 0 spiro atoms. The molecule has 0 aliphatic heterocycles. The highest BCUT2D eigenvalue weighted by Gasteiger charge is 2.10. The number of tetrazole rings is 1. The Morgan fingerprint density at radius 3 is 2.88 bits per heavy atom. The van der Waals surface area contributed by atoms with E-state index in [-0.39, 0.29) is 11.7 Å². The highest BCUT2D eigenvalue weighted by atomic mass is 32.2. The highest BCUT2D eigenvalue weighted by Crippen LogP contribution is 2.17. The van der Waals surface area contributed by atoms with Gasteiger partial charge in [-0.05, 0) is 39.6 Å². The first-order valence-corrected chi connectivity index (χ1v) is 9.42. The SMILES string of the molecule is COc1ccc(Cn2nnnc2SCC(=O)NCc2cccs2)cc1. The van der Waals surface area contributed by atoms with Crippen molar-refractivity contribution in [3.8, 4) is 5.75 Å². The molecule has 0 unspecified atom stereocenters. The van der Waals surface area contributed by atoms with Crippen molar-refractivity contribution in [1.82, 2.24) is 25.5 Å². The van der Waals surface area contributed by atoms with Gasteiger partial charge in [-0.15, -0.1) is 16.4 Å². The number of carbonyl (C=O) groups is 1. The molecule has 3 aromatic rings. The molecule has 1 aromatic carbocycles. The number of thiophene rings is 1. The predicted octanol–water partition coefficient (Wildman–Crippen LogP) is 2.20. The molecule has 2 heterocycles. The van der Waals surface area contributed by atoms with Crippen LogP contribution in [0.25, 0.3) is 0 Å². The van der Waals surface area contributed by atoms with E-state index in [4.69, 9.17) is 4.74 Å². The topological polar surface area (TPSA) is 81.9 Å². The van der Waals surface area contributed by atoms with Gasteiger partial charge in [0.15, 0.2) is 0 Å². The molecule has 1 amide bonds. The minimum Gasteiger partial charge on any atom is -0.497 e. The first kappa shape index (κ1) is 17.4. The molecule has 0 atom stereocenters. The van der Waals surface area contributed by atoms with Crippen molar-refractivity contribution in [2.45, 2.75) is 18.2 Å². The van der Waals surface area contributed by atoms with Crippen LogP contribution in [-0.2, 0) is 17.9 Å². The van der Waals surface area contributed by atoms with Crippen LogP contribution in [0.15, 0.2) is 46.9 Å². The normalized spacial score (nSPS) is 10.6. The van der Waals surface area contributed by atoms with Crippen molar-refractivity contribution in [3.05, 3.63) is 52.2 Å². The number of thioether (sulfide) groups is 1. The van der Waals surface area contributed by atoms with Crippen LogP contribution in [0.1, 0.15) is 10.4 Å². The fourth-order valence-electron chi connectivity index (χ4n) is 2.08. The zero-order valence-corrected chi connectivity index (χ0v) is 15.2. The fourth-order valence-corrected chi connectivity index (χ4v) is 3.43. The average molecular weight is 375 g/mol. The Balaban J connectivity index is 1.51. The van der Waals surface area contributed by atoms with E-state index in [2.05, 4.69) is 20.8 Å². The summed E-state index contributed by atoms with van der Waals surface area (Å²) in [5.41, 5.74) is 1.05. The van der Waals surface area contributed by atoms with E-state index in [0.717, 1.165) is 16.2 Å². The number of ether oxygens (including phenoxy) is 1. The smallest absolute Gasteiger partial charge is 0.230 e. The van der Waals surface area contributed by atoms with Gasteiger partial charge in [-0.1, -0.05) is 30.0 Å². The number of nitrogens with zero attached hydrogens (tertiary/aromatic N) is 4. The van der Waals surface area contributed by atoms with Crippen LogP contribution in [-0.4, -0.2) is 39.0 Å². The number of nitrogens with one attached hydrogen (secondary N) is 1. The lowest BCUT2D eigenvalue weighted by atomic mass is 10.2. The molecule has 1 N–H and O–H groups in total. The van der Waals surface area contributed by atoms with Crippen molar-refractivity contribution in [2.75, 3.05) is 12.9 Å². The average Bonchev–Trinajstić information content (AvgIpc) is 3.31. The number of benzene rings is 1. The Morgan fingerprint density at radius 1 is 1.32 bits per heavy atom. The lowest BCUT2D eigenvalue weighted by Crippen LogP contribution is -2.24. The number of amides is 1. The summed E-state index contributed by atoms with van der Waals surface area (Å²) in [7, 11) is 1.63. The first-order chi connectivity index (χ1) is 12.2. The molecule has 25 heavy (non-hydrogen) atoms. The fraction of sp³-hybridized carbons (Fsp3) is 0.250. The van der Waals surface area contributed by atoms with Gasteiger partial charge in [-0.25, -0.2) is 4.68 Å². The van der Waals surface area contributed by atoms with Gasteiger partial charge in [0.1, 0.15) is 5.75 Å². The Morgan fingerprint density at radius 2 is 2.16 bits per heavy atom. The molecule has 2 aromatic heterocycles. The standard InChI is InChI=1S/C16H17N5O2S2/c1-23-13-6-4-12(5-7-13)10-21-16(18-19-20-21)25-11-15(22)17-9-14-3-2-8-24-14/h2-8H,9-11H2,1H3,(H,17,22). The number of hydrogen-bond acceptors (Lipinski definition) is 7. The summed E-state index contributed by atoms with van der Waals surface area (Å²) >= 11 is 2.94. The van der Waals surface area contributed by atoms with Gasteiger partial charge in [0.25, 0.3) is 0 Å². The molecule has 0 aliphatic carbocycles. The number of methoxy groups -OCH3 is 1. The van der Waals surface area contributed by atoms with E-state index in [1.54, 1.807) is 23.1 Å². The van der Waals surface area contributed by atoms with Gasteiger partial charge in [0.05, 0.1) is 26.0 Å². The van der Waals surface area contributed by atoms with Crippen LogP contribution in [0.5, 0.6) is 5.75 Å². The quantitative estimate of drug-likeness (QED) is 0.608. The summed E-state index contributed by atoms with van der Waals surface area (Å²) in [4.78, 5) is 13.1. The van der Waals surface area contributed by atoms with E-state index in [0.29, 0.717) is 18.2 Å². The molecule has 0 bridgehead atoms. The minimum atomic E-state index is -0.0441. The van der Waals surface area contributed by atoms with Gasteiger partial charge < -0.3 is 10.1 Å². The predicted molar refractivity (Wildman–Crippen MR) is 96.8 cm³/mol. The third-order valence-electron chi connectivity index (χ3n) is 3.36. The van der Waals surface area contributed by atoms with Crippen molar-refractivity contribution < 1.29 is 9.53 Å². The lowest BCUT2D eigenvalue weighted by molar-refractivity contribution is -0.118. The summed E-state index contributed by atoms with van der Waals surface area (Å²) < 4.78 is 6.83. The van der Waals surface area contributed by atoms with Crippen molar-refractivity contribution in [3.63, 3.8) is 0 Å². The summed E-state index contributed by atoms with van der Waals surface area (Å²) in [6.45, 7) is 1.09. The number of carbonyl (C=O) groups excluding carboxylic acids is 1. The summed E-state index contributed by atoms with van der Waals surface area (Å²) in [6, 6.07) is 11.7. The Labute approximate surface area is 153 Å². The largest absolute Gasteiger partial charge is 0.497 e. The van der Waals surface area contributed by atoms with E-state index in [1.807, 2.05) is 41.8 Å². The Hall–Kier alpha value is -2.39. The Kier molecular flexibility index (Phi) is 6.02. The summed E-state index contributed by atoms with van der Waals surface area (Å²) in [5, 5.41) is 17.2. The third kappa shape index (κ3) is 5.04. The second-order valence-corrected chi connectivity index (χ2v) is 7.09. The van der Waals surface area contributed by atoms with Crippen LogP contribution in [0, 0.1) is 0 Å². The molecular weight excluding hydrogens is 358 g/mol. The maximum absolute atomic E-state index is 12.0. The van der Waals surface area contributed by atoms with Crippen molar-refractivity contribution in [1.29, 1.82) is 0 Å². The van der Waals surface area contributed by atoms with Crippen LogP contribution < -0.4 is 10.1 Å². The van der Waals surface area contributed by atoms with Gasteiger partial charge in [-0.2, -0.15) is 0 Å². The lowest BCUT2D eigenvalue weighted by Gasteiger charge is -2.06. The van der Waals surface area contributed by atoms with Crippen molar-refractivity contribution in [2.24, 2.45) is 0 Å². The van der Waals surface area contributed by atoms with Crippen molar-refractivity contribution >= 4 is 29.0 Å². The van der Waals surface area contributed by atoms with E-state index in [9.17, 15) is 4.79 Å². The summed E-state index contributed by atoms with van der Waals surface area (Å²) in [5.74, 6) is 1.03. The van der Waals surface area contributed by atoms with Crippen LogP contribution in [0.2, 0.25) is 0 Å². The van der Waals surface area contributed by atoms with Gasteiger partial charge in [0.2, 0.25) is 11.1 Å². The third-order valence-corrected chi connectivity index (χ3v) is 5.20. The second-order valence-electron chi connectivity index (χ2n) is 5.11. The maximum atomic E-state index is 12.0. The second kappa shape index (κ2) is 8.63. The number of aromatic nitrogens is 4. The zero-order valence-electron chi connectivity index (χ0n) is 13.6. The molecule has 0 fully saturated rings. The van der Waals surface area contributed by atoms with E-state index >= 15 is 0 Å². The molecule has 3 rings (SSSR count). The molecule has 7 nitrogen and oxygen atoms in total. The van der Waals surface area contributed by atoms with Gasteiger partial charge in [-0.3, -0.25) is 4.79 Å². The highest BCUT2D eigenvalue weighted by molar-refractivity contribution is 7.99. The monoisotopic (exact) mass is 375 g/mol. The molecule has 130 valence electrons. The van der Waals surface area contributed by atoms with Crippen LogP contribution in [0.3, 0.4) is 0 Å². The molecule has 9 heteroatoms. The molecular formula is C16H17N5O2S2. The van der Waals surface area contributed by atoms with Crippen LogP contribution >= 0.6 is 23.1 Å².